The summed E-state index contributed by atoms with van der Waals surface area (Å²) < 4.78 is 0. The van der Waals surface area contributed by atoms with E-state index in [2.05, 4.69) is 51.1 Å². The van der Waals surface area contributed by atoms with Crippen LogP contribution in [0.3, 0.4) is 0 Å². The first kappa shape index (κ1) is 22.6. The molecule has 7 nitrogen and oxygen atoms in total. The average Bonchev–Trinajstić information content (AvgIpc) is 3.37. The number of nitrogens with one attached hydrogen (secondary N) is 2. The molecule has 1 fully saturated rings. The maximum absolute atomic E-state index is 12.6. The Morgan fingerprint density at radius 3 is 2.74 bits per heavy atom. The van der Waals surface area contributed by atoms with E-state index in [4.69, 9.17) is 0 Å². The van der Waals surface area contributed by atoms with E-state index in [0.29, 0.717) is 11.7 Å². The van der Waals surface area contributed by atoms with Gasteiger partial charge in [0.2, 0.25) is 0 Å². The number of fused-ring (bicyclic) bond motifs is 3. The minimum atomic E-state index is -0.166. The molecule has 0 bridgehead atoms. The Morgan fingerprint density at radius 2 is 2.00 bits per heavy atom. The van der Waals surface area contributed by atoms with Crippen LogP contribution in [-0.4, -0.2) is 53.5 Å². The fraction of sp³-hybridized carbons (Fsp3) is 0.444. The van der Waals surface area contributed by atoms with Crippen LogP contribution in [0.1, 0.15) is 52.5 Å². The van der Waals surface area contributed by atoms with Crippen molar-refractivity contribution in [3.63, 3.8) is 0 Å². The van der Waals surface area contributed by atoms with Crippen molar-refractivity contribution in [1.82, 2.24) is 20.2 Å². The highest BCUT2D eigenvalue weighted by atomic mass is 16.1. The van der Waals surface area contributed by atoms with Crippen LogP contribution in [0.25, 0.3) is 10.9 Å². The fourth-order valence-corrected chi connectivity index (χ4v) is 5.63. The van der Waals surface area contributed by atoms with Gasteiger partial charge in [-0.2, -0.15) is 0 Å². The summed E-state index contributed by atoms with van der Waals surface area (Å²) in [4.78, 5) is 36.9. The summed E-state index contributed by atoms with van der Waals surface area (Å²) in [6.45, 7) is 8.07. The van der Waals surface area contributed by atoms with E-state index < -0.39 is 0 Å². The van der Waals surface area contributed by atoms with Crippen molar-refractivity contribution >= 4 is 22.5 Å². The second kappa shape index (κ2) is 9.22. The largest absolute Gasteiger partial charge is 0.365 e. The number of pyridine rings is 2. The molecule has 1 aromatic carbocycles. The van der Waals surface area contributed by atoms with Crippen molar-refractivity contribution in [3.8, 4) is 0 Å². The minimum absolute atomic E-state index is 0.0935. The molecular formula is C27H33N5O2. The number of carbonyl (C=O) groups excluding carboxylic acids is 1. The first-order chi connectivity index (χ1) is 16.5. The normalized spacial score (nSPS) is 18.3. The fourth-order valence-electron chi connectivity index (χ4n) is 5.63. The SMILES string of the molecule is CC[C@@H]1CN(Cc2ccc3c4c(c(=O)[nH]c3c2C)CCC4)CCN1c1ccc(C(=O)NC)nc1. The Balaban J connectivity index is 1.34. The topological polar surface area (TPSA) is 81.3 Å². The van der Waals surface area contributed by atoms with Gasteiger partial charge < -0.3 is 15.2 Å². The Labute approximate surface area is 200 Å². The van der Waals surface area contributed by atoms with Crippen molar-refractivity contribution in [1.29, 1.82) is 0 Å². The lowest BCUT2D eigenvalue weighted by atomic mass is 9.98. The highest BCUT2D eigenvalue weighted by molar-refractivity contribution is 5.92. The van der Waals surface area contributed by atoms with Crippen LogP contribution in [-0.2, 0) is 19.4 Å². The number of aromatic amines is 1. The number of anilines is 1. The molecule has 1 aliphatic carbocycles. The number of hydrogen-bond donors (Lipinski definition) is 2. The molecule has 0 saturated carbocycles. The summed E-state index contributed by atoms with van der Waals surface area (Å²) in [5, 5.41) is 3.84. The third-order valence-corrected chi connectivity index (χ3v) is 7.60. The van der Waals surface area contributed by atoms with Gasteiger partial charge in [-0.25, -0.2) is 4.98 Å². The quantitative estimate of drug-likeness (QED) is 0.613. The maximum atomic E-state index is 12.6. The third-order valence-electron chi connectivity index (χ3n) is 7.60. The van der Waals surface area contributed by atoms with Gasteiger partial charge in [0, 0.05) is 50.2 Å². The first-order valence-electron chi connectivity index (χ1n) is 12.3. The van der Waals surface area contributed by atoms with E-state index in [9.17, 15) is 9.59 Å². The number of nitrogens with zero attached hydrogens (tertiary/aromatic N) is 3. The van der Waals surface area contributed by atoms with Gasteiger partial charge >= 0.3 is 0 Å². The van der Waals surface area contributed by atoms with Crippen molar-refractivity contribution in [3.05, 3.63) is 68.8 Å². The zero-order chi connectivity index (χ0) is 23.8. The van der Waals surface area contributed by atoms with Gasteiger partial charge in [0.25, 0.3) is 11.5 Å². The van der Waals surface area contributed by atoms with Crippen LogP contribution in [0.2, 0.25) is 0 Å². The van der Waals surface area contributed by atoms with Crippen LogP contribution >= 0.6 is 0 Å². The van der Waals surface area contributed by atoms with Crippen molar-refractivity contribution < 1.29 is 4.79 Å². The van der Waals surface area contributed by atoms with Gasteiger partial charge in [-0.15, -0.1) is 0 Å². The third kappa shape index (κ3) is 3.98. The Morgan fingerprint density at radius 1 is 1.18 bits per heavy atom. The maximum Gasteiger partial charge on any atom is 0.269 e. The molecule has 0 spiro atoms. The second-order valence-electron chi connectivity index (χ2n) is 9.51. The summed E-state index contributed by atoms with van der Waals surface area (Å²) >= 11 is 0. The van der Waals surface area contributed by atoms with Crippen molar-refractivity contribution in [2.75, 3.05) is 31.6 Å². The highest BCUT2D eigenvalue weighted by Crippen LogP contribution is 2.30. The Hall–Kier alpha value is -3.19. The van der Waals surface area contributed by atoms with Gasteiger partial charge in [-0.3, -0.25) is 14.5 Å². The number of H-pyrrole nitrogens is 1. The summed E-state index contributed by atoms with van der Waals surface area (Å²) in [6.07, 6.45) is 5.82. The van der Waals surface area contributed by atoms with Crippen LogP contribution in [0, 0.1) is 6.92 Å². The zero-order valence-electron chi connectivity index (χ0n) is 20.3. The molecule has 3 heterocycles. The number of aryl methyl sites for hydroxylation is 2. The molecular weight excluding hydrogens is 426 g/mol. The van der Waals surface area contributed by atoms with Crippen LogP contribution in [0.5, 0.6) is 0 Å². The molecule has 1 atom stereocenters. The lowest BCUT2D eigenvalue weighted by Gasteiger charge is -2.42. The molecule has 2 N–H and O–H groups in total. The summed E-state index contributed by atoms with van der Waals surface area (Å²) in [6, 6.07) is 8.64. The van der Waals surface area contributed by atoms with Crippen LogP contribution in [0.4, 0.5) is 5.69 Å². The molecule has 34 heavy (non-hydrogen) atoms. The number of piperazine rings is 1. The van der Waals surface area contributed by atoms with E-state index in [0.717, 1.165) is 68.6 Å². The number of carbonyl (C=O) groups is 1. The monoisotopic (exact) mass is 459 g/mol. The average molecular weight is 460 g/mol. The Bertz CT molecular complexity index is 1280. The molecule has 1 saturated heterocycles. The van der Waals surface area contributed by atoms with E-state index in [1.54, 1.807) is 13.1 Å². The number of hydrogen-bond acceptors (Lipinski definition) is 5. The number of rotatable bonds is 5. The van der Waals surface area contributed by atoms with Gasteiger partial charge in [-0.05, 0) is 61.4 Å². The van der Waals surface area contributed by atoms with E-state index >= 15 is 0 Å². The number of aromatic nitrogens is 2. The zero-order valence-corrected chi connectivity index (χ0v) is 20.3. The predicted molar refractivity (Wildman–Crippen MR) is 136 cm³/mol. The smallest absolute Gasteiger partial charge is 0.269 e. The molecule has 178 valence electrons. The Kier molecular flexibility index (Phi) is 6.13. The molecule has 5 rings (SSSR count). The lowest BCUT2D eigenvalue weighted by Crippen LogP contribution is -2.52. The summed E-state index contributed by atoms with van der Waals surface area (Å²) in [7, 11) is 1.62. The molecule has 2 aliphatic rings. The van der Waals surface area contributed by atoms with Crippen LogP contribution < -0.4 is 15.8 Å². The molecule has 1 aliphatic heterocycles. The van der Waals surface area contributed by atoms with E-state index in [-0.39, 0.29) is 11.5 Å². The first-order valence-corrected chi connectivity index (χ1v) is 12.3. The van der Waals surface area contributed by atoms with E-state index in [1.165, 1.54) is 22.1 Å². The molecule has 7 heteroatoms. The van der Waals surface area contributed by atoms with Crippen LogP contribution in [0.15, 0.2) is 35.3 Å². The number of amides is 1. The van der Waals surface area contributed by atoms with Gasteiger partial charge in [-0.1, -0.05) is 19.1 Å². The standard InChI is InChI=1S/C27H33N5O2/c1-4-19-16-31(12-13-32(19)20-9-11-24(29-14-20)27(34)28-3)15-18-8-10-22-21-6-5-7-23(21)26(33)30-25(22)17(18)2/h8-11,14,19H,4-7,12-13,15-16H2,1-3H3,(H,28,34)(H,30,33)/t19-/m1/s1. The van der Waals surface area contributed by atoms with Gasteiger partial charge in [0.05, 0.1) is 17.4 Å². The lowest BCUT2D eigenvalue weighted by molar-refractivity contribution is 0.0958. The van der Waals surface area contributed by atoms with Crippen molar-refractivity contribution in [2.45, 2.75) is 52.1 Å². The molecule has 3 aromatic rings. The summed E-state index contributed by atoms with van der Waals surface area (Å²) in [5.41, 5.74) is 7.31. The molecule has 2 aromatic heterocycles. The minimum Gasteiger partial charge on any atom is -0.365 e. The highest BCUT2D eigenvalue weighted by Gasteiger charge is 2.27. The summed E-state index contributed by atoms with van der Waals surface area (Å²) in [5.74, 6) is -0.166. The van der Waals surface area contributed by atoms with E-state index in [1.807, 2.05) is 12.3 Å². The number of benzene rings is 1. The predicted octanol–water partition coefficient (Wildman–Crippen LogP) is 3.18. The second-order valence-corrected chi connectivity index (χ2v) is 9.51. The molecule has 1 amide bonds. The molecule has 0 unspecified atom stereocenters. The molecule has 0 radical (unpaired) electrons. The van der Waals surface area contributed by atoms with Gasteiger partial charge in [0.1, 0.15) is 5.69 Å². The van der Waals surface area contributed by atoms with Crippen molar-refractivity contribution in [2.24, 2.45) is 0 Å². The van der Waals surface area contributed by atoms with Gasteiger partial charge in [0.15, 0.2) is 0 Å².